The van der Waals surface area contributed by atoms with E-state index in [0.717, 1.165) is 49.7 Å². The van der Waals surface area contributed by atoms with Gasteiger partial charge in [-0.2, -0.15) is 0 Å². The van der Waals surface area contributed by atoms with Crippen LogP contribution in [0, 0.1) is 0 Å². The Bertz CT molecular complexity index is 667. The molecule has 0 N–H and O–H groups in total. The quantitative estimate of drug-likeness (QED) is 0.356. The Morgan fingerprint density at radius 3 is 2.58 bits per heavy atom. The zero-order valence-electron chi connectivity index (χ0n) is 15.7. The third-order valence-corrected chi connectivity index (χ3v) is 5.12. The normalized spacial score (nSPS) is 19.0. The number of allylic oxidation sites excluding steroid dienone is 1. The summed E-state index contributed by atoms with van der Waals surface area (Å²) in [6, 6.07) is 6.18. The van der Waals surface area contributed by atoms with Crippen molar-refractivity contribution in [3.8, 4) is 0 Å². The number of rotatable bonds is 7. The number of hydrogen-bond acceptors (Lipinski definition) is 3. The number of carbonyl (C=O) groups is 1. The number of nitrogens with zero attached hydrogens (tertiary/aromatic N) is 3. The lowest BCUT2D eigenvalue weighted by atomic mass is 9.94. The number of halogens is 2. The van der Waals surface area contributed by atoms with Crippen molar-refractivity contribution in [3.05, 3.63) is 46.1 Å². The summed E-state index contributed by atoms with van der Waals surface area (Å²) in [7, 11) is 0. The van der Waals surface area contributed by atoms with Gasteiger partial charge in [-0.1, -0.05) is 46.6 Å². The van der Waals surface area contributed by atoms with Crippen molar-refractivity contribution in [2.45, 2.75) is 38.1 Å². The fourth-order valence-corrected chi connectivity index (χ4v) is 3.60. The lowest BCUT2D eigenvalue weighted by Crippen LogP contribution is -2.47. The van der Waals surface area contributed by atoms with E-state index in [2.05, 4.69) is 52.9 Å². The second-order valence-electron chi connectivity index (χ2n) is 6.45. The highest BCUT2D eigenvalue weighted by Crippen LogP contribution is 2.34. The van der Waals surface area contributed by atoms with Crippen LogP contribution in [0.25, 0.3) is 0 Å². The molecule has 26 heavy (non-hydrogen) atoms. The van der Waals surface area contributed by atoms with Crippen LogP contribution in [0.1, 0.15) is 37.9 Å². The van der Waals surface area contributed by atoms with Crippen LogP contribution in [0.3, 0.4) is 0 Å². The molecule has 2 unspecified atom stereocenters. The molecular formula is C20H27BrClN3O. The number of alkyl halides is 1. The molecule has 0 bridgehead atoms. The summed E-state index contributed by atoms with van der Waals surface area (Å²) in [4.78, 5) is 20.3. The lowest BCUT2D eigenvalue weighted by molar-refractivity contribution is -0.119. The maximum atomic E-state index is 11.1. The van der Waals surface area contributed by atoms with Crippen LogP contribution in [0.4, 0.5) is 0 Å². The number of piperazine rings is 1. The molecule has 6 heteroatoms. The zero-order valence-corrected chi connectivity index (χ0v) is 18.0. The third kappa shape index (κ3) is 5.41. The van der Waals surface area contributed by atoms with E-state index in [1.54, 1.807) is 0 Å². The largest absolute Gasteiger partial charge is 0.343 e. The molecule has 1 aliphatic heterocycles. The van der Waals surface area contributed by atoms with Crippen LogP contribution in [0.5, 0.6) is 0 Å². The van der Waals surface area contributed by atoms with Gasteiger partial charge in [0.25, 0.3) is 0 Å². The van der Waals surface area contributed by atoms with Crippen molar-refractivity contribution in [1.82, 2.24) is 9.80 Å². The molecule has 1 aliphatic rings. The minimum absolute atomic E-state index is 0.0588. The Hall–Kier alpha value is -1.17. The summed E-state index contributed by atoms with van der Waals surface area (Å²) >= 11 is 9.77. The summed E-state index contributed by atoms with van der Waals surface area (Å²) in [6.07, 6.45) is 5.85. The van der Waals surface area contributed by atoms with Crippen molar-refractivity contribution >= 4 is 40.2 Å². The topological polar surface area (TPSA) is 35.9 Å². The Balaban J connectivity index is 2.43. The summed E-state index contributed by atoms with van der Waals surface area (Å²) in [5.74, 6) is 0. The van der Waals surface area contributed by atoms with E-state index in [1.165, 1.54) is 11.1 Å². The molecule has 2 atom stereocenters. The lowest BCUT2D eigenvalue weighted by Gasteiger charge is -2.39. The molecule has 4 nitrogen and oxygen atoms in total. The van der Waals surface area contributed by atoms with Gasteiger partial charge in [-0.25, -0.2) is 0 Å². The number of aliphatic imine (C=N–C) groups is 1. The van der Waals surface area contributed by atoms with Crippen molar-refractivity contribution in [2.24, 2.45) is 4.99 Å². The van der Waals surface area contributed by atoms with Gasteiger partial charge in [-0.15, -0.1) is 0 Å². The van der Waals surface area contributed by atoms with Gasteiger partial charge in [0.2, 0.25) is 6.41 Å². The number of amides is 1. The molecule has 1 amide bonds. The van der Waals surface area contributed by atoms with Crippen LogP contribution < -0.4 is 0 Å². The number of carbonyl (C=O) groups excluding carboxylic acids is 1. The molecule has 2 rings (SSSR count). The Morgan fingerprint density at radius 1 is 1.35 bits per heavy atom. The van der Waals surface area contributed by atoms with Gasteiger partial charge in [0.1, 0.15) is 0 Å². The predicted molar refractivity (Wildman–Crippen MR) is 113 cm³/mol. The molecule has 1 aromatic rings. The van der Waals surface area contributed by atoms with Crippen LogP contribution in [0.15, 0.2) is 35.0 Å². The number of hydrogen-bond donors (Lipinski definition) is 0. The molecule has 0 radical (unpaired) electrons. The van der Waals surface area contributed by atoms with E-state index in [-0.39, 0.29) is 10.9 Å². The van der Waals surface area contributed by atoms with E-state index in [0.29, 0.717) is 0 Å². The zero-order chi connectivity index (χ0) is 19.1. The van der Waals surface area contributed by atoms with Crippen LogP contribution in [0.2, 0.25) is 5.02 Å². The van der Waals surface area contributed by atoms with Gasteiger partial charge >= 0.3 is 0 Å². The Kier molecular flexibility index (Phi) is 8.32. The van der Waals surface area contributed by atoms with E-state index in [1.807, 2.05) is 24.1 Å². The minimum atomic E-state index is 0.0588. The first-order chi connectivity index (χ1) is 12.5. The summed E-state index contributed by atoms with van der Waals surface area (Å²) in [5.41, 5.74) is 3.50. The highest BCUT2D eigenvalue weighted by atomic mass is 79.9. The first kappa shape index (κ1) is 21.1. The summed E-state index contributed by atoms with van der Waals surface area (Å²) in [6.45, 7) is 9.36. The van der Waals surface area contributed by atoms with Crippen molar-refractivity contribution in [2.75, 3.05) is 26.2 Å². The van der Waals surface area contributed by atoms with Crippen molar-refractivity contribution < 1.29 is 4.79 Å². The average Bonchev–Trinajstić information content (AvgIpc) is 2.65. The monoisotopic (exact) mass is 439 g/mol. The Morgan fingerprint density at radius 2 is 2.04 bits per heavy atom. The SMILES string of the molecule is C/C=C(\N=CC(C)Br)C(c1ccc(Cl)cc1CC)N1CCN(C=O)CC1. The second-order valence-corrected chi connectivity index (χ2v) is 8.33. The summed E-state index contributed by atoms with van der Waals surface area (Å²) in [5, 5.41) is 0.759. The van der Waals surface area contributed by atoms with Crippen LogP contribution >= 0.6 is 27.5 Å². The highest BCUT2D eigenvalue weighted by molar-refractivity contribution is 9.09. The van der Waals surface area contributed by atoms with E-state index < -0.39 is 0 Å². The standard InChI is InChI=1S/C20H27BrClN3O/c1-4-16-12-17(22)6-7-18(16)20(19(5-2)23-13-15(3)21)25-10-8-24(14-26)9-11-25/h5-7,12-15,20H,4,8-11H2,1-3H3/b19-5-,23-13?. The molecule has 1 saturated heterocycles. The fourth-order valence-electron chi connectivity index (χ4n) is 3.28. The molecule has 1 fully saturated rings. The van der Waals surface area contributed by atoms with Crippen molar-refractivity contribution in [3.63, 3.8) is 0 Å². The first-order valence-electron chi connectivity index (χ1n) is 9.06. The Labute approximate surface area is 170 Å². The van der Waals surface area contributed by atoms with Gasteiger partial charge in [0.05, 0.1) is 11.7 Å². The van der Waals surface area contributed by atoms with Gasteiger partial charge in [-0.3, -0.25) is 14.7 Å². The molecular weight excluding hydrogens is 414 g/mol. The maximum Gasteiger partial charge on any atom is 0.209 e. The predicted octanol–water partition coefficient (Wildman–Crippen LogP) is 4.48. The maximum absolute atomic E-state index is 11.1. The van der Waals surface area contributed by atoms with Gasteiger partial charge in [0, 0.05) is 42.2 Å². The molecule has 142 valence electrons. The van der Waals surface area contributed by atoms with E-state index >= 15 is 0 Å². The molecule has 1 heterocycles. The fraction of sp³-hybridized carbons (Fsp3) is 0.500. The average molecular weight is 441 g/mol. The van der Waals surface area contributed by atoms with E-state index in [4.69, 9.17) is 16.6 Å². The molecule has 0 saturated carbocycles. The van der Waals surface area contributed by atoms with Gasteiger partial charge in [0.15, 0.2) is 0 Å². The van der Waals surface area contributed by atoms with Gasteiger partial charge in [-0.05, 0) is 43.5 Å². The summed E-state index contributed by atoms with van der Waals surface area (Å²) < 4.78 is 0. The molecule has 0 aromatic heterocycles. The molecule has 0 aliphatic carbocycles. The second kappa shape index (κ2) is 10.2. The van der Waals surface area contributed by atoms with Gasteiger partial charge < -0.3 is 4.90 Å². The van der Waals surface area contributed by atoms with Crippen LogP contribution in [-0.2, 0) is 11.2 Å². The minimum Gasteiger partial charge on any atom is -0.343 e. The van der Waals surface area contributed by atoms with Crippen LogP contribution in [-0.4, -0.2) is 53.4 Å². The first-order valence-corrected chi connectivity index (χ1v) is 10.4. The molecule has 1 aromatic carbocycles. The number of aryl methyl sites for hydroxylation is 1. The molecule has 0 spiro atoms. The smallest absolute Gasteiger partial charge is 0.209 e. The van der Waals surface area contributed by atoms with E-state index in [9.17, 15) is 4.79 Å². The van der Waals surface area contributed by atoms with Crippen molar-refractivity contribution in [1.29, 1.82) is 0 Å². The number of benzene rings is 1. The third-order valence-electron chi connectivity index (χ3n) is 4.65. The highest BCUT2D eigenvalue weighted by Gasteiger charge is 2.28.